The van der Waals surface area contributed by atoms with Gasteiger partial charge in [-0.2, -0.15) is 0 Å². The van der Waals surface area contributed by atoms with Crippen molar-refractivity contribution < 1.29 is 28.7 Å². The Kier molecular flexibility index (Phi) is 7.41. The molecule has 11 heteroatoms. The van der Waals surface area contributed by atoms with Gasteiger partial charge in [-0.15, -0.1) is 0 Å². The predicted molar refractivity (Wildman–Crippen MR) is 99.9 cm³/mol. The van der Waals surface area contributed by atoms with Crippen LogP contribution in [0.5, 0.6) is 5.75 Å². The number of methoxy groups -OCH3 is 2. The van der Waals surface area contributed by atoms with Crippen LogP contribution in [0.1, 0.15) is 23.7 Å². The third kappa shape index (κ3) is 4.82. The zero-order valence-corrected chi connectivity index (χ0v) is 16.5. The molecule has 1 aliphatic heterocycles. The minimum atomic E-state index is -0.672. The molecule has 2 atom stereocenters. The summed E-state index contributed by atoms with van der Waals surface area (Å²) in [4.78, 5) is 36.6. The minimum absolute atomic E-state index is 0.0127. The lowest BCUT2D eigenvalue weighted by molar-refractivity contribution is -0.384. The van der Waals surface area contributed by atoms with Gasteiger partial charge in [-0.25, -0.2) is 4.79 Å². The SMILES string of the molecule is CCOC(=O)N1CC[C@@H](NC(=O)c2cc([N+](=O)[O-])c(Cl)cc2OC)[C@@H](OC)C1. The number of hydrogen-bond acceptors (Lipinski definition) is 7. The third-order valence-electron chi connectivity index (χ3n) is 4.41. The van der Waals surface area contributed by atoms with Crippen LogP contribution < -0.4 is 10.1 Å². The van der Waals surface area contributed by atoms with E-state index in [1.54, 1.807) is 6.92 Å². The lowest BCUT2D eigenvalue weighted by Crippen LogP contribution is -2.56. The average molecular weight is 416 g/mol. The number of ether oxygens (including phenoxy) is 3. The van der Waals surface area contributed by atoms with Crippen LogP contribution in [0.2, 0.25) is 5.02 Å². The topological polar surface area (TPSA) is 120 Å². The summed E-state index contributed by atoms with van der Waals surface area (Å²) in [7, 11) is 2.82. The first kappa shape index (κ1) is 21.7. The van der Waals surface area contributed by atoms with Gasteiger partial charge >= 0.3 is 6.09 Å². The molecule has 1 N–H and O–H groups in total. The summed E-state index contributed by atoms with van der Waals surface area (Å²) in [5.74, 6) is -0.445. The van der Waals surface area contributed by atoms with E-state index in [9.17, 15) is 19.7 Å². The molecule has 0 aliphatic carbocycles. The van der Waals surface area contributed by atoms with E-state index < -0.39 is 34.8 Å². The van der Waals surface area contributed by atoms with Crippen LogP contribution >= 0.6 is 11.6 Å². The summed E-state index contributed by atoms with van der Waals surface area (Å²) in [5, 5.41) is 13.8. The standard InChI is InChI=1S/C17H22ClN3O7/c1-4-28-17(23)20-6-5-12(15(9-20)27-3)19-16(22)10-7-13(21(24)25)11(18)8-14(10)26-2/h7-8,12,15H,4-6,9H2,1-3H3,(H,19,22)/t12-,15+/m1/s1. The fourth-order valence-corrected chi connectivity index (χ4v) is 3.20. The smallest absolute Gasteiger partial charge is 0.409 e. The number of nitrogens with zero attached hydrogens (tertiary/aromatic N) is 2. The zero-order chi connectivity index (χ0) is 20.8. The van der Waals surface area contributed by atoms with Crippen LogP contribution in [0.15, 0.2) is 12.1 Å². The zero-order valence-electron chi connectivity index (χ0n) is 15.8. The fraction of sp³-hybridized carbons (Fsp3) is 0.529. The quantitative estimate of drug-likeness (QED) is 0.558. The monoisotopic (exact) mass is 415 g/mol. The van der Waals surface area contributed by atoms with Gasteiger partial charge in [0, 0.05) is 25.8 Å². The highest BCUT2D eigenvalue weighted by atomic mass is 35.5. The first-order valence-corrected chi connectivity index (χ1v) is 8.97. The molecule has 154 valence electrons. The second-order valence-electron chi connectivity index (χ2n) is 6.05. The van der Waals surface area contributed by atoms with Gasteiger partial charge in [0.05, 0.1) is 42.9 Å². The molecule has 2 amide bonds. The Morgan fingerprint density at radius 1 is 1.39 bits per heavy atom. The van der Waals surface area contributed by atoms with Crippen LogP contribution in [0.25, 0.3) is 0 Å². The minimum Gasteiger partial charge on any atom is -0.496 e. The summed E-state index contributed by atoms with van der Waals surface area (Å²) in [6, 6.07) is 1.90. The molecule has 0 saturated carbocycles. The van der Waals surface area contributed by atoms with E-state index in [-0.39, 0.29) is 29.5 Å². The number of rotatable bonds is 6. The van der Waals surface area contributed by atoms with Gasteiger partial charge < -0.3 is 24.4 Å². The summed E-state index contributed by atoms with van der Waals surface area (Å²) in [6.45, 7) is 2.61. The Morgan fingerprint density at radius 3 is 2.68 bits per heavy atom. The number of hydrogen-bond donors (Lipinski definition) is 1. The highest BCUT2D eigenvalue weighted by Crippen LogP contribution is 2.32. The van der Waals surface area contributed by atoms with Crippen molar-refractivity contribution >= 4 is 29.3 Å². The predicted octanol–water partition coefficient (Wildman–Crippen LogP) is 2.23. The van der Waals surface area contributed by atoms with Gasteiger partial charge in [-0.05, 0) is 13.3 Å². The fourth-order valence-electron chi connectivity index (χ4n) is 2.98. The Balaban J connectivity index is 2.17. The first-order chi connectivity index (χ1) is 13.3. The summed E-state index contributed by atoms with van der Waals surface area (Å²) in [5.41, 5.74) is -0.408. The molecule has 0 radical (unpaired) electrons. The Morgan fingerprint density at radius 2 is 2.11 bits per heavy atom. The third-order valence-corrected chi connectivity index (χ3v) is 4.72. The Labute approximate surface area is 166 Å². The van der Waals surface area contributed by atoms with Crippen LogP contribution in [0, 0.1) is 10.1 Å². The second-order valence-corrected chi connectivity index (χ2v) is 6.46. The lowest BCUT2D eigenvalue weighted by Gasteiger charge is -2.37. The molecular formula is C17H22ClN3O7. The van der Waals surface area contributed by atoms with E-state index in [0.29, 0.717) is 13.0 Å². The second kappa shape index (κ2) is 9.56. The molecule has 0 bridgehead atoms. The number of halogens is 1. The van der Waals surface area contributed by atoms with Crippen molar-refractivity contribution in [2.45, 2.75) is 25.5 Å². The molecule has 1 aromatic carbocycles. The molecule has 0 aromatic heterocycles. The van der Waals surface area contributed by atoms with Gasteiger partial charge in [0.25, 0.3) is 11.6 Å². The van der Waals surface area contributed by atoms with E-state index >= 15 is 0 Å². The van der Waals surface area contributed by atoms with Crippen molar-refractivity contribution in [1.29, 1.82) is 0 Å². The molecular weight excluding hydrogens is 394 g/mol. The first-order valence-electron chi connectivity index (χ1n) is 8.59. The molecule has 10 nitrogen and oxygen atoms in total. The van der Waals surface area contributed by atoms with Crippen molar-refractivity contribution in [3.8, 4) is 5.75 Å². The van der Waals surface area contributed by atoms with Crippen molar-refractivity contribution in [1.82, 2.24) is 10.2 Å². The normalized spacial score (nSPS) is 19.1. The van der Waals surface area contributed by atoms with Gasteiger partial charge in [0.1, 0.15) is 10.8 Å². The number of carbonyl (C=O) groups is 2. The van der Waals surface area contributed by atoms with Gasteiger partial charge in [0.15, 0.2) is 0 Å². The summed E-state index contributed by atoms with van der Waals surface area (Å²) < 4.78 is 15.5. The van der Waals surface area contributed by atoms with Gasteiger partial charge in [-0.3, -0.25) is 14.9 Å². The lowest BCUT2D eigenvalue weighted by atomic mass is 10.0. The number of carbonyl (C=O) groups excluding carboxylic acids is 2. The highest BCUT2D eigenvalue weighted by Gasteiger charge is 2.34. The molecule has 1 aromatic rings. The maximum atomic E-state index is 12.7. The number of likely N-dealkylation sites (tertiary alicyclic amines) is 1. The number of nitro groups is 1. The van der Waals surface area contributed by atoms with Crippen molar-refractivity contribution in [3.05, 3.63) is 32.8 Å². The van der Waals surface area contributed by atoms with Crippen LogP contribution in [-0.2, 0) is 9.47 Å². The number of nitrogens with one attached hydrogen (secondary N) is 1. The molecule has 28 heavy (non-hydrogen) atoms. The molecule has 1 fully saturated rings. The number of nitro benzene ring substituents is 1. The molecule has 0 unspecified atom stereocenters. The molecule has 0 spiro atoms. The highest BCUT2D eigenvalue weighted by molar-refractivity contribution is 6.33. The maximum absolute atomic E-state index is 12.7. The van der Waals surface area contributed by atoms with Gasteiger partial charge in [-0.1, -0.05) is 11.6 Å². The van der Waals surface area contributed by atoms with E-state index in [4.69, 9.17) is 25.8 Å². The molecule has 2 rings (SSSR count). The number of benzene rings is 1. The van der Waals surface area contributed by atoms with Gasteiger partial charge in [0.2, 0.25) is 0 Å². The average Bonchev–Trinajstić information content (AvgIpc) is 2.67. The molecule has 1 aliphatic rings. The summed E-state index contributed by atoms with van der Waals surface area (Å²) in [6.07, 6.45) is -0.471. The van der Waals surface area contributed by atoms with E-state index in [0.717, 1.165) is 6.07 Å². The van der Waals surface area contributed by atoms with E-state index in [1.165, 1.54) is 25.2 Å². The van der Waals surface area contributed by atoms with Crippen LogP contribution in [0.3, 0.4) is 0 Å². The van der Waals surface area contributed by atoms with E-state index in [2.05, 4.69) is 5.32 Å². The van der Waals surface area contributed by atoms with E-state index in [1.807, 2.05) is 0 Å². The molecule has 1 saturated heterocycles. The summed E-state index contributed by atoms with van der Waals surface area (Å²) >= 11 is 5.87. The number of piperidine rings is 1. The van der Waals surface area contributed by atoms with Crippen molar-refractivity contribution in [3.63, 3.8) is 0 Å². The Bertz CT molecular complexity index is 759. The largest absolute Gasteiger partial charge is 0.496 e. The van der Waals surface area contributed by atoms with Crippen LogP contribution in [0.4, 0.5) is 10.5 Å². The van der Waals surface area contributed by atoms with Crippen LogP contribution in [-0.4, -0.2) is 67.9 Å². The maximum Gasteiger partial charge on any atom is 0.409 e. The molecule has 1 heterocycles. The number of amides is 2. The Hall–Kier alpha value is -2.59. The van der Waals surface area contributed by atoms with Crippen molar-refractivity contribution in [2.24, 2.45) is 0 Å². The van der Waals surface area contributed by atoms with Crippen molar-refractivity contribution in [2.75, 3.05) is 33.9 Å².